The lowest BCUT2D eigenvalue weighted by molar-refractivity contribution is -0.143. The number of ether oxygens (including phenoxy) is 3. The molecule has 0 spiro atoms. The maximum atomic E-state index is 12.0. The summed E-state index contributed by atoms with van der Waals surface area (Å²) < 4.78 is 16.1. The Kier molecular flexibility index (Phi) is 6.54. The molecule has 0 aliphatic heterocycles. The Balaban J connectivity index is 1.31. The molecule has 4 aromatic rings. The Morgan fingerprint density at radius 3 is 2.33 bits per heavy atom. The molecule has 3 aromatic carbocycles. The number of nitrogens with zero attached hydrogens (tertiary/aromatic N) is 3. The van der Waals surface area contributed by atoms with Crippen molar-refractivity contribution in [2.75, 3.05) is 13.7 Å². The molecule has 1 aromatic heterocycles. The smallest absolute Gasteiger partial charge is 0.331 e. The van der Waals surface area contributed by atoms with Gasteiger partial charge in [-0.25, -0.2) is 4.79 Å². The van der Waals surface area contributed by atoms with Crippen LogP contribution in [0.4, 0.5) is 0 Å². The largest absolute Gasteiger partial charge is 0.505 e. The summed E-state index contributed by atoms with van der Waals surface area (Å²) in [6.07, 6.45) is 2.54. The third-order valence-electron chi connectivity index (χ3n) is 4.78. The lowest BCUT2D eigenvalue weighted by Gasteiger charge is -2.14. The van der Waals surface area contributed by atoms with Crippen LogP contribution < -0.4 is 9.47 Å². The van der Waals surface area contributed by atoms with E-state index in [-0.39, 0.29) is 12.4 Å². The molecule has 4 rings (SSSR count). The summed E-state index contributed by atoms with van der Waals surface area (Å²) in [7, 11) is 1.60. The van der Waals surface area contributed by atoms with Gasteiger partial charge < -0.3 is 19.3 Å². The van der Waals surface area contributed by atoms with Gasteiger partial charge in [0, 0.05) is 12.1 Å². The van der Waals surface area contributed by atoms with Crippen molar-refractivity contribution in [2.45, 2.75) is 13.0 Å². The standard InChI is InChI=1S/C25H23N3O5/c1-17(33-25(30)14-9-18-7-10-19(31-2)11-8-18)16-32-20-12-13-23(24(29)15-20)28-26-21-5-3-4-6-22(21)27-28/h3-15,17,29H,16H2,1-2H3/b14-9+. The summed E-state index contributed by atoms with van der Waals surface area (Å²) in [5, 5.41) is 19.1. The van der Waals surface area contributed by atoms with Gasteiger partial charge in [0.25, 0.3) is 0 Å². The van der Waals surface area contributed by atoms with E-state index >= 15 is 0 Å². The van der Waals surface area contributed by atoms with Crippen LogP contribution >= 0.6 is 0 Å². The zero-order valence-electron chi connectivity index (χ0n) is 18.2. The van der Waals surface area contributed by atoms with Crippen molar-refractivity contribution in [1.29, 1.82) is 0 Å². The number of carbonyl (C=O) groups is 1. The molecule has 0 radical (unpaired) electrons. The highest BCUT2D eigenvalue weighted by atomic mass is 16.6. The molecule has 0 amide bonds. The molecule has 0 aliphatic rings. The number of rotatable bonds is 8. The minimum atomic E-state index is -0.488. The van der Waals surface area contributed by atoms with Gasteiger partial charge in [0.2, 0.25) is 0 Å². The number of fused-ring (bicyclic) bond motifs is 1. The fraction of sp³-hybridized carbons (Fsp3) is 0.160. The topological polar surface area (TPSA) is 95.7 Å². The Morgan fingerprint density at radius 1 is 1.03 bits per heavy atom. The van der Waals surface area contributed by atoms with Crippen molar-refractivity contribution in [1.82, 2.24) is 15.0 Å². The van der Waals surface area contributed by atoms with Crippen LogP contribution in [0.15, 0.2) is 72.8 Å². The molecular formula is C25H23N3O5. The molecule has 0 fully saturated rings. The Hall–Kier alpha value is -4.33. The van der Waals surface area contributed by atoms with E-state index in [1.807, 2.05) is 48.5 Å². The van der Waals surface area contributed by atoms with Gasteiger partial charge in [-0.05, 0) is 55.0 Å². The number of aromatic nitrogens is 3. The normalized spacial score (nSPS) is 12.1. The van der Waals surface area contributed by atoms with Gasteiger partial charge >= 0.3 is 5.97 Å². The van der Waals surface area contributed by atoms with E-state index in [0.717, 1.165) is 22.3 Å². The average molecular weight is 445 g/mol. The molecule has 33 heavy (non-hydrogen) atoms. The number of hydrogen-bond donors (Lipinski definition) is 1. The number of carbonyl (C=O) groups excluding carboxylic acids is 1. The Labute approximate surface area is 190 Å². The fourth-order valence-corrected chi connectivity index (χ4v) is 3.09. The Morgan fingerprint density at radius 2 is 1.70 bits per heavy atom. The summed E-state index contributed by atoms with van der Waals surface area (Å²) >= 11 is 0. The third-order valence-corrected chi connectivity index (χ3v) is 4.78. The molecule has 0 bridgehead atoms. The molecule has 8 heteroatoms. The lowest BCUT2D eigenvalue weighted by atomic mass is 10.2. The molecule has 1 atom stereocenters. The van der Waals surface area contributed by atoms with Crippen molar-refractivity contribution in [3.8, 4) is 22.9 Å². The third kappa shape index (κ3) is 5.48. The van der Waals surface area contributed by atoms with Crippen LogP contribution in [-0.2, 0) is 9.53 Å². The van der Waals surface area contributed by atoms with Crippen LogP contribution in [0, 0.1) is 0 Å². The van der Waals surface area contributed by atoms with E-state index in [9.17, 15) is 9.90 Å². The van der Waals surface area contributed by atoms with Gasteiger partial charge in [0.1, 0.15) is 46.7 Å². The molecule has 0 aliphatic carbocycles. The number of benzene rings is 3. The number of hydrogen-bond acceptors (Lipinski definition) is 7. The number of methoxy groups -OCH3 is 1. The first-order chi connectivity index (χ1) is 16.0. The van der Waals surface area contributed by atoms with E-state index < -0.39 is 12.1 Å². The highest BCUT2D eigenvalue weighted by molar-refractivity contribution is 5.87. The molecule has 1 N–H and O–H groups in total. The molecule has 168 valence electrons. The van der Waals surface area contributed by atoms with Gasteiger partial charge in [-0.2, -0.15) is 0 Å². The van der Waals surface area contributed by atoms with Crippen molar-refractivity contribution in [3.05, 3.63) is 78.4 Å². The summed E-state index contributed by atoms with van der Waals surface area (Å²) in [6.45, 7) is 1.86. The molecular weight excluding hydrogens is 422 g/mol. The van der Waals surface area contributed by atoms with E-state index in [0.29, 0.717) is 11.4 Å². The summed E-state index contributed by atoms with van der Waals surface area (Å²) in [5.41, 5.74) is 2.75. The first-order valence-electron chi connectivity index (χ1n) is 10.3. The number of aromatic hydroxyl groups is 1. The van der Waals surface area contributed by atoms with Crippen LogP contribution in [-0.4, -0.2) is 45.9 Å². The minimum absolute atomic E-state index is 0.0279. The molecule has 0 saturated carbocycles. The second-order valence-electron chi connectivity index (χ2n) is 7.29. The Bertz CT molecular complexity index is 1250. The first kappa shape index (κ1) is 21.9. The van der Waals surface area contributed by atoms with Gasteiger partial charge in [-0.3, -0.25) is 0 Å². The van der Waals surface area contributed by atoms with E-state index in [4.69, 9.17) is 14.2 Å². The summed E-state index contributed by atoms with van der Waals surface area (Å²) in [5.74, 6) is 0.676. The first-order valence-corrected chi connectivity index (χ1v) is 10.3. The molecule has 1 unspecified atom stereocenters. The van der Waals surface area contributed by atoms with Crippen LogP contribution in [0.5, 0.6) is 17.2 Å². The molecule has 0 saturated heterocycles. The highest BCUT2D eigenvalue weighted by Crippen LogP contribution is 2.27. The minimum Gasteiger partial charge on any atom is -0.505 e. The number of esters is 1. The zero-order valence-corrected chi connectivity index (χ0v) is 18.2. The van der Waals surface area contributed by atoms with Crippen molar-refractivity contribution >= 4 is 23.1 Å². The van der Waals surface area contributed by atoms with Crippen molar-refractivity contribution in [3.63, 3.8) is 0 Å². The average Bonchev–Trinajstić information content (AvgIpc) is 3.26. The number of phenolic OH excluding ortho intramolecular Hbond substituents is 1. The highest BCUT2D eigenvalue weighted by Gasteiger charge is 2.12. The van der Waals surface area contributed by atoms with Crippen LogP contribution in [0.1, 0.15) is 12.5 Å². The van der Waals surface area contributed by atoms with Crippen LogP contribution in [0.2, 0.25) is 0 Å². The fourth-order valence-electron chi connectivity index (χ4n) is 3.09. The quantitative estimate of drug-likeness (QED) is 0.321. The predicted molar refractivity (Wildman–Crippen MR) is 124 cm³/mol. The van der Waals surface area contributed by atoms with Crippen molar-refractivity contribution in [2.24, 2.45) is 0 Å². The van der Waals surface area contributed by atoms with Crippen molar-refractivity contribution < 1.29 is 24.1 Å². The van der Waals surface area contributed by atoms with E-state index in [1.54, 1.807) is 32.2 Å². The van der Waals surface area contributed by atoms with Gasteiger partial charge in [-0.15, -0.1) is 15.0 Å². The van der Waals surface area contributed by atoms with E-state index in [2.05, 4.69) is 10.2 Å². The van der Waals surface area contributed by atoms with Crippen LogP contribution in [0.25, 0.3) is 22.8 Å². The number of phenols is 1. The lowest BCUT2D eigenvalue weighted by Crippen LogP contribution is -2.20. The molecule has 8 nitrogen and oxygen atoms in total. The van der Waals surface area contributed by atoms with Gasteiger partial charge in [0.15, 0.2) is 0 Å². The zero-order chi connectivity index (χ0) is 23.2. The maximum Gasteiger partial charge on any atom is 0.331 e. The second kappa shape index (κ2) is 9.86. The maximum absolute atomic E-state index is 12.0. The monoisotopic (exact) mass is 445 g/mol. The van der Waals surface area contributed by atoms with Gasteiger partial charge in [0.05, 0.1) is 7.11 Å². The van der Waals surface area contributed by atoms with Gasteiger partial charge in [-0.1, -0.05) is 24.3 Å². The SMILES string of the molecule is COc1ccc(/C=C/C(=O)OC(C)COc2ccc(-n3nc4ccccc4n3)c(O)c2)cc1. The molecule has 1 heterocycles. The summed E-state index contributed by atoms with van der Waals surface area (Å²) in [6, 6.07) is 19.6. The summed E-state index contributed by atoms with van der Waals surface area (Å²) in [4.78, 5) is 13.4. The predicted octanol–water partition coefficient (Wildman–Crippen LogP) is 4.16. The van der Waals surface area contributed by atoms with E-state index in [1.165, 1.54) is 16.9 Å². The second-order valence-corrected chi connectivity index (χ2v) is 7.29. The van der Waals surface area contributed by atoms with Crippen LogP contribution in [0.3, 0.4) is 0 Å².